The van der Waals surface area contributed by atoms with Crippen molar-refractivity contribution in [1.82, 2.24) is 0 Å². The van der Waals surface area contributed by atoms with Crippen molar-refractivity contribution in [1.29, 1.82) is 0 Å². The van der Waals surface area contributed by atoms with Crippen molar-refractivity contribution in [3.05, 3.63) is 78.4 Å². The van der Waals surface area contributed by atoms with Crippen molar-refractivity contribution in [3.8, 4) is 11.5 Å². The molecule has 3 aromatic rings. The summed E-state index contributed by atoms with van der Waals surface area (Å²) >= 11 is 0. The second kappa shape index (κ2) is 11.7. The van der Waals surface area contributed by atoms with E-state index in [1.54, 1.807) is 0 Å². The van der Waals surface area contributed by atoms with Gasteiger partial charge < -0.3 is 24.2 Å². The van der Waals surface area contributed by atoms with Gasteiger partial charge in [0.2, 0.25) is 6.79 Å². The van der Waals surface area contributed by atoms with Gasteiger partial charge in [0, 0.05) is 30.8 Å². The third-order valence-corrected chi connectivity index (χ3v) is 10.8. The Labute approximate surface area is 233 Å². The van der Waals surface area contributed by atoms with Gasteiger partial charge >= 0.3 is 0 Å². The van der Waals surface area contributed by atoms with Crippen molar-refractivity contribution < 1.29 is 18.6 Å². The van der Waals surface area contributed by atoms with E-state index in [0.29, 0.717) is 34.6 Å². The van der Waals surface area contributed by atoms with Crippen LogP contribution in [0.3, 0.4) is 0 Å². The molecule has 7 heteroatoms. The third kappa shape index (κ3) is 5.97. The van der Waals surface area contributed by atoms with Gasteiger partial charge in [-0.3, -0.25) is 4.57 Å². The molecule has 0 aromatic heterocycles. The molecule has 3 aromatic carbocycles. The molecule has 0 radical (unpaired) electrons. The van der Waals surface area contributed by atoms with Crippen LogP contribution in [0.4, 0.5) is 11.4 Å². The number of hydrogen-bond donors (Lipinski definition) is 1. The van der Waals surface area contributed by atoms with Crippen LogP contribution in [0.1, 0.15) is 51.4 Å². The first-order valence-electron chi connectivity index (χ1n) is 14.0. The van der Waals surface area contributed by atoms with Crippen molar-refractivity contribution in [2.24, 2.45) is 17.8 Å². The molecule has 1 heterocycles. The predicted octanol–water partition coefficient (Wildman–Crippen LogP) is 7.67. The Balaban J connectivity index is 1.64. The van der Waals surface area contributed by atoms with Gasteiger partial charge in [0.25, 0.3) is 7.37 Å². The van der Waals surface area contributed by atoms with Gasteiger partial charge in [-0.2, -0.15) is 0 Å². The summed E-state index contributed by atoms with van der Waals surface area (Å²) < 4.78 is 34.0. The van der Waals surface area contributed by atoms with Crippen LogP contribution in [-0.2, 0) is 9.09 Å². The number of rotatable bonds is 9. The van der Waals surface area contributed by atoms with E-state index in [-0.39, 0.29) is 12.9 Å². The Bertz CT molecular complexity index is 1300. The zero-order valence-electron chi connectivity index (χ0n) is 23.7. The highest BCUT2D eigenvalue weighted by Crippen LogP contribution is 2.62. The van der Waals surface area contributed by atoms with Gasteiger partial charge in [-0.15, -0.1) is 0 Å². The van der Waals surface area contributed by atoms with E-state index in [9.17, 15) is 0 Å². The van der Waals surface area contributed by atoms with Crippen molar-refractivity contribution in [2.75, 3.05) is 31.1 Å². The van der Waals surface area contributed by atoms with Crippen LogP contribution in [0.15, 0.2) is 72.8 Å². The van der Waals surface area contributed by atoms with Crippen LogP contribution in [0.2, 0.25) is 0 Å². The molecule has 1 aliphatic heterocycles. The largest absolute Gasteiger partial charge is 0.454 e. The van der Waals surface area contributed by atoms with Gasteiger partial charge in [-0.05, 0) is 84.7 Å². The Morgan fingerprint density at radius 3 is 2.36 bits per heavy atom. The zero-order valence-corrected chi connectivity index (χ0v) is 24.6. The topological polar surface area (TPSA) is 60.0 Å². The molecule has 1 fully saturated rings. The lowest BCUT2D eigenvalue weighted by atomic mass is 9.75. The van der Waals surface area contributed by atoms with Crippen molar-refractivity contribution >= 4 is 24.0 Å². The summed E-state index contributed by atoms with van der Waals surface area (Å²) in [5.41, 5.74) is 2.77. The minimum atomic E-state index is -3.54. The van der Waals surface area contributed by atoms with E-state index < -0.39 is 13.2 Å². The lowest BCUT2D eigenvalue weighted by Crippen LogP contribution is -2.35. The van der Waals surface area contributed by atoms with E-state index >= 15 is 4.57 Å². The minimum Gasteiger partial charge on any atom is -0.454 e. The number of nitrogens with zero attached hydrogens (tertiary/aromatic N) is 1. The van der Waals surface area contributed by atoms with Gasteiger partial charge in [-0.25, -0.2) is 0 Å². The van der Waals surface area contributed by atoms with Crippen molar-refractivity contribution in [3.63, 3.8) is 0 Å². The minimum absolute atomic E-state index is 0.0952. The molecule has 0 unspecified atom stereocenters. The number of fused-ring (bicyclic) bond motifs is 1. The lowest BCUT2D eigenvalue weighted by Gasteiger charge is -2.41. The molecule has 6 nitrogen and oxygen atoms in total. The molecule has 0 bridgehead atoms. The zero-order chi connectivity index (χ0) is 27.6. The summed E-state index contributed by atoms with van der Waals surface area (Å²) in [5.74, 6) is 2.06. The predicted molar refractivity (Wildman–Crippen MR) is 160 cm³/mol. The van der Waals surface area contributed by atoms with E-state index in [0.717, 1.165) is 29.8 Å². The molecular formula is C32H41N2O4P. The van der Waals surface area contributed by atoms with E-state index in [4.69, 9.17) is 14.0 Å². The number of nitrogens with one attached hydrogen (secondary N) is 1. The summed E-state index contributed by atoms with van der Waals surface area (Å²) in [7, 11) is 0.474. The summed E-state index contributed by atoms with van der Waals surface area (Å²) in [6, 6.07) is 23.7. The van der Waals surface area contributed by atoms with Crippen LogP contribution < -0.4 is 25.0 Å². The first-order valence-corrected chi connectivity index (χ1v) is 15.7. The molecule has 1 N–H and O–H groups in total. The molecular weight excluding hydrogens is 507 g/mol. The van der Waals surface area contributed by atoms with Crippen LogP contribution in [0, 0.1) is 17.8 Å². The van der Waals surface area contributed by atoms with Gasteiger partial charge in [0.05, 0.1) is 6.10 Å². The van der Waals surface area contributed by atoms with Crippen LogP contribution in [0.5, 0.6) is 11.5 Å². The van der Waals surface area contributed by atoms with Crippen LogP contribution in [-0.4, -0.2) is 27.0 Å². The Hall–Kier alpha value is -2.95. The number of anilines is 2. The fourth-order valence-corrected chi connectivity index (χ4v) is 8.43. The van der Waals surface area contributed by atoms with Crippen LogP contribution >= 0.6 is 7.37 Å². The number of benzene rings is 3. The summed E-state index contributed by atoms with van der Waals surface area (Å²) in [6.07, 6.45) is 3.08. The fourth-order valence-electron chi connectivity index (χ4n) is 5.81. The Kier molecular flexibility index (Phi) is 8.25. The molecule has 0 spiro atoms. The number of hydrogen-bond acceptors (Lipinski definition) is 6. The third-order valence-electron chi connectivity index (χ3n) is 8.11. The highest BCUT2D eigenvalue weighted by molar-refractivity contribution is 7.67. The normalized spacial score (nSPS) is 22.8. The number of ether oxygens (including phenoxy) is 2. The lowest BCUT2D eigenvalue weighted by molar-refractivity contribution is 0.0489. The molecule has 0 amide bonds. The molecule has 0 saturated heterocycles. The smallest absolute Gasteiger partial charge is 0.258 e. The standard InChI is InChI=1S/C32H41N2O4P/c1-22(2)28-17-11-23(3)19-30(28)38-39(35,27-15-13-26(14-16-27)34(4)5)32(33-25-9-7-6-8-10-25)24-12-18-29-31(20-24)37-21-36-29/h6-10,12-16,18,20,22-23,28,30,32-33H,11,17,19,21H2,1-5H3/t23-,28-,30-,32-,39-/m1/s1. The highest BCUT2D eigenvalue weighted by Gasteiger charge is 2.44. The SMILES string of the molecule is CC(C)[C@H]1CC[C@@H](C)C[C@H]1O[P@](=O)(c1ccc(N(C)C)cc1)[C@@H](Nc1ccccc1)c1ccc2c(c1)OCO2. The molecule has 5 rings (SSSR count). The molecule has 1 aliphatic carbocycles. The van der Waals surface area contributed by atoms with Gasteiger partial charge in [0.15, 0.2) is 11.5 Å². The molecule has 5 atom stereocenters. The van der Waals surface area contributed by atoms with E-state index in [1.807, 2.05) is 91.8 Å². The number of para-hydroxylation sites is 1. The second-order valence-corrected chi connectivity index (χ2v) is 13.9. The maximum atomic E-state index is 15.7. The molecule has 39 heavy (non-hydrogen) atoms. The van der Waals surface area contributed by atoms with E-state index in [2.05, 4.69) is 26.1 Å². The first-order chi connectivity index (χ1) is 18.7. The maximum absolute atomic E-state index is 15.7. The maximum Gasteiger partial charge on any atom is 0.258 e. The first kappa shape index (κ1) is 27.6. The second-order valence-electron chi connectivity index (χ2n) is 11.5. The monoisotopic (exact) mass is 548 g/mol. The van der Waals surface area contributed by atoms with E-state index in [1.165, 1.54) is 6.42 Å². The molecule has 208 valence electrons. The highest BCUT2D eigenvalue weighted by atomic mass is 31.2. The van der Waals surface area contributed by atoms with Crippen LogP contribution in [0.25, 0.3) is 0 Å². The molecule has 2 aliphatic rings. The quantitative estimate of drug-likeness (QED) is 0.277. The Morgan fingerprint density at radius 1 is 0.949 bits per heavy atom. The summed E-state index contributed by atoms with van der Waals surface area (Å²) in [4.78, 5) is 2.05. The Morgan fingerprint density at radius 2 is 1.67 bits per heavy atom. The average molecular weight is 549 g/mol. The summed E-state index contributed by atoms with van der Waals surface area (Å²) in [5, 5.41) is 4.32. The summed E-state index contributed by atoms with van der Waals surface area (Å²) in [6.45, 7) is 6.98. The van der Waals surface area contributed by atoms with Crippen molar-refractivity contribution in [2.45, 2.75) is 51.9 Å². The fraction of sp³-hybridized carbons (Fsp3) is 0.438. The van der Waals surface area contributed by atoms with Gasteiger partial charge in [-0.1, -0.05) is 51.5 Å². The average Bonchev–Trinajstić information content (AvgIpc) is 3.40. The van der Waals surface area contributed by atoms with Gasteiger partial charge in [0.1, 0.15) is 5.78 Å². The molecule has 1 saturated carbocycles.